The minimum Gasteiger partial charge on any atom is -0.464 e. The van der Waals surface area contributed by atoms with Crippen molar-refractivity contribution in [2.24, 2.45) is 0 Å². The van der Waals surface area contributed by atoms with Gasteiger partial charge in [0.2, 0.25) is 5.91 Å². The Morgan fingerprint density at radius 1 is 1.09 bits per heavy atom. The van der Waals surface area contributed by atoms with E-state index in [1.54, 1.807) is 31.1 Å². The third-order valence-electron chi connectivity index (χ3n) is 3.18. The molecule has 0 saturated heterocycles. The molecule has 0 spiro atoms. The van der Waals surface area contributed by atoms with Crippen LogP contribution in [0.1, 0.15) is 11.1 Å². The van der Waals surface area contributed by atoms with E-state index in [9.17, 15) is 4.79 Å². The van der Waals surface area contributed by atoms with Crippen molar-refractivity contribution >= 4 is 5.91 Å². The number of nitrogens with zero attached hydrogens (tertiary/aromatic N) is 2. The first-order valence-electron chi connectivity index (χ1n) is 6.95. The molecule has 5 nitrogen and oxygen atoms in total. The summed E-state index contributed by atoms with van der Waals surface area (Å²) in [4.78, 5) is 20.1. The second-order valence-corrected chi connectivity index (χ2v) is 4.87. The Balaban J connectivity index is 1.60. The van der Waals surface area contributed by atoms with Gasteiger partial charge in [0.15, 0.2) is 0 Å². The summed E-state index contributed by atoms with van der Waals surface area (Å²) in [6.45, 7) is 0.431. The molecule has 0 radical (unpaired) electrons. The molecule has 0 aliphatic rings. The van der Waals surface area contributed by atoms with Gasteiger partial charge in [-0.2, -0.15) is 0 Å². The fourth-order valence-electron chi connectivity index (χ4n) is 2.11. The summed E-state index contributed by atoms with van der Waals surface area (Å²) < 4.78 is 5.34. The summed E-state index contributed by atoms with van der Waals surface area (Å²) >= 11 is 0. The van der Waals surface area contributed by atoms with Crippen LogP contribution in [-0.2, 0) is 17.8 Å². The minimum absolute atomic E-state index is 0.0450. The van der Waals surface area contributed by atoms with Crippen LogP contribution in [0.25, 0.3) is 11.3 Å². The second-order valence-electron chi connectivity index (χ2n) is 4.87. The molecule has 3 aromatic rings. The van der Waals surface area contributed by atoms with Crippen LogP contribution in [0.2, 0.25) is 0 Å². The number of rotatable bonds is 5. The SMILES string of the molecule is O=C(Cc1cccnc1)NCc1cncc(-c2ccco2)c1. The van der Waals surface area contributed by atoms with Gasteiger partial charge in [-0.05, 0) is 35.4 Å². The Morgan fingerprint density at radius 3 is 2.77 bits per heavy atom. The number of carbonyl (C=O) groups excluding carboxylic acids is 1. The van der Waals surface area contributed by atoms with Crippen LogP contribution in [-0.4, -0.2) is 15.9 Å². The lowest BCUT2D eigenvalue weighted by molar-refractivity contribution is -0.120. The average molecular weight is 293 g/mol. The summed E-state index contributed by atoms with van der Waals surface area (Å²) in [6, 6.07) is 9.36. The van der Waals surface area contributed by atoms with Gasteiger partial charge in [0.1, 0.15) is 5.76 Å². The highest BCUT2D eigenvalue weighted by Crippen LogP contribution is 2.19. The molecule has 0 saturated carbocycles. The lowest BCUT2D eigenvalue weighted by Crippen LogP contribution is -2.24. The van der Waals surface area contributed by atoms with Crippen LogP contribution in [0.5, 0.6) is 0 Å². The quantitative estimate of drug-likeness (QED) is 0.785. The Kier molecular flexibility index (Phi) is 4.25. The van der Waals surface area contributed by atoms with Gasteiger partial charge < -0.3 is 9.73 Å². The van der Waals surface area contributed by atoms with E-state index in [2.05, 4.69) is 15.3 Å². The van der Waals surface area contributed by atoms with Crippen LogP contribution >= 0.6 is 0 Å². The fourth-order valence-corrected chi connectivity index (χ4v) is 2.11. The highest BCUT2D eigenvalue weighted by Gasteiger charge is 2.05. The van der Waals surface area contributed by atoms with E-state index in [-0.39, 0.29) is 5.91 Å². The Morgan fingerprint density at radius 2 is 2.00 bits per heavy atom. The molecular weight excluding hydrogens is 278 g/mol. The second kappa shape index (κ2) is 6.67. The largest absolute Gasteiger partial charge is 0.464 e. The van der Waals surface area contributed by atoms with Crippen molar-refractivity contribution in [3.8, 4) is 11.3 Å². The van der Waals surface area contributed by atoms with Crippen molar-refractivity contribution < 1.29 is 9.21 Å². The Hall–Kier alpha value is -2.95. The molecule has 3 heterocycles. The molecule has 110 valence electrons. The maximum atomic E-state index is 11.9. The van der Waals surface area contributed by atoms with Gasteiger partial charge in [-0.1, -0.05) is 6.07 Å². The zero-order valence-corrected chi connectivity index (χ0v) is 11.9. The van der Waals surface area contributed by atoms with Crippen molar-refractivity contribution in [3.05, 3.63) is 72.5 Å². The summed E-state index contributed by atoms with van der Waals surface area (Å²) in [5, 5.41) is 2.88. The molecule has 0 fully saturated rings. The predicted octanol–water partition coefficient (Wildman–Crippen LogP) is 2.60. The zero-order valence-electron chi connectivity index (χ0n) is 11.9. The van der Waals surface area contributed by atoms with Crippen molar-refractivity contribution in [1.82, 2.24) is 15.3 Å². The number of hydrogen-bond donors (Lipinski definition) is 1. The molecule has 1 amide bonds. The highest BCUT2D eigenvalue weighted by molar-refractivity contribution is 5.78. The Labute approximate surface area is 128 Å². The number of pyridine rings is 2. The van der Waals surface area contributed by atoms with Gasteiger partial charge in [0.25, 0.3) is 0 Å². The van der Waals surface area contributed by atoms with Gasteiger partial charge in [-0.25, -0.2) is 0 Å². The first kappa shape index (κ1) is 14.0. The zero-order chi connectivity index (χ0) is 15.2. The number of aromatic nitrogens is 2. The third kappa shape index (κ3) is 3.58. The molecule has 0 aromatic carbocycles. The van der Waals surface area contributed by atoms with Gasteiger partial charge in [0, 0.05) is 36.9 Å². The van der Waals surface area contributed by atoms with Gasteiger partial charge >= 0.3 is 0 Å². The van der Waals surface area contributed by atoms with E-state index in [1.165, 1.54) is 0 Å². The summed E-state index contributed by atoms with van der Waals surface area (Å²) in [7, 11) is 0. The average Bonchev–Trinajstić information content (AvgIpc) is 3.09. The monoisotopic (exact) mass is 293 g/mol. The number of hydrogen-bond acceptors (Lipinski definition) is 4. The standard InChI is InChI=1S/C17H15N3O2/c21-17(8-13-3-1-5-18-9-13)20-11-14-7-15(12-19-10-14)16-4-2-6-22-16/h1-7,9-10,12H,8,11H2,(H,20,21). The topological polar surface area (TPSA) is 68.0 Å². The molecule has 0 unspecified atom stereocenters. The Bertz CT molecular complexity index is 740. The van der Waals surface area contributed by atoms with Crippen LogP contribution < -0.4 is 5.32 Å². The smallest absolute Gasteiger partial charge is 0.224 e. The number of carbonyl (C=O) groups is 1. The van der Waals surface area contributed by atoms with E-state index < -0.39 is 0 Å². The first-order chi connectivity index (χ1) is 10.8. The molecular formula is C17H15N3O2. The van der Waals surface area contributed by atoms with Crippen molar-refractivity contribution in [2.75, 3.05) is 0 Å². The van der Waals surface area contributed by atoms with E-state index >= 15 is 0 Å². The lowest BCUT2D eigenvalue weighted by Gasteiger charge is -2.06. The maximum absolute atomic E-state index is 11.9. The van der Waals surface area contributed by atoms with Crippen molar-refractivity contribution in [1.29, 1.82) is 0 Å². The molecule has 1 N–H and O–H groups in total. The van der Waals surface area contributed by atoms with E-state index in [0.29, 0.717) is 13.0 Å². The van der Waals surface area contributed by atoms with E-state index in [1.807, 2.05) is 30.3 Å². The van der Waals surface area contributed by atoms with Crippen molar-refractivity contribution in [2.45, 2.75) is 13.0 Å². The maximum Gasteiger partial charge on any atom is 0.224 e. The van der Waals surface area contributed by atoms with Crippen LogP contribution in [0.4, 0.5) is 0 Å². The molecule has 0 atom stereocenters. The fraction of sp³-hybridized carbons (Fsp3) is 0.118. The van der Waals surface area contributed by atoms with Crippen LogP contribution in [0.15, 0.2) is 65.8 Å². The number of nitrogens with one attached hydrogen (secondary N) is 1. The number of furan rings is 1. The molecule has 5 heteroatoms. The van der Waals surface area contributed by atoms with Crippen LogP contribution in [0.3, 0.4) is 0 Å². The predicted molar refractivity (Wildman–Crippen MR) is 81.7 cm³/mol. The summed E-state index contributed by atoms with van der Waals surface area (Å²) in [5.74, 6) is 0.715. The molecule has 3 rings (SSSR count). The lowest BCUT2D eigenvalue weighted by atomic mass is 10.1. The molecule has 22 heavy (non-hydrogen) atoms. The van der Waals surface area contributed by atoms with E-state index in [4.69, 9.17) is 4.42 Å². The van der Waals surface area contributed by atoms with Gasteiger partial charge in [-0.15, -0.1) is 0 Å². The molecule has 3 aromatic heterocycles. The summed E-state index contributed by atoms with van der Waals surface area (Å²) in [6.07, 6.45) is 8.79. The minimum atomic E-state index is -0.0450. The van der Waals surface area contributed by atoms with Gasteiger partial charge in [0.05, 0.1) is 12.7 Å². The molecule has 0 aliphatic heterocycles. The third-order valence-corrected chi connectivity index (χ3v) is 3.18. The molecule has 0 bridgehead atoms. The van der Waals surface area contributed by atoms with Crippen LogP contribution in [0, 0.1) is 0 Å². The molecule has 0 aliphatic carbocycles. The normalized spacial score (nSPS) is 10.4. The highest BCUT2D eigenvalue weighted by atomic mass is 16.3. The van der Waals surface area contributed by atoms with E-state index in [0.717, 1.165) is 22.5 Å². The van der Waals surface area contributed by atoms with Gasteiger partial charge in [-0.3, -0.25) is 14.8 Å². The first-order valence-corrected chi connectivity index (χ1v) is 6.95. The summed E-state index contributed by atoms with van der Waals surface area (Å²) in [5.41, 5.74) is 2.71. The number of amides is 1. The van der Waals surface area contributed by atoms with Crippen molar-refractivity contribution in [3.63, 3.8) is 0 Å².